The smallest absolute Gasteiger partial charge is 0.0968 e. The van der Waals surface area contributed by atoms with E-state index in [1.165, 1.54) is 51.4 Å². The number of epoxide rings is 1. The van der Waals surface area contributed by atoms with Crippen LogP contribution >= 0.6 is 0 Å². The highest BCUT2D eigenvalue weighted by Crippen LogP contribution is 2.67. The molecule has 2 nitrogen and oxygen atoms in total. The second-order valence-corrected chi connectivity index (χ2v) is 13.3. The zero-order valence-corrected chi connectivity index (χ0v) is 21.1. The molecule has 31 heavy (non-hydrogen) atoms. The van der Waals surface area contributed by atoms with Crippen molar-refractivity contribution in [3.05, 3.63) is 11.6 Å². The molecule has 176 valence electrons. The van der Waals surface area contributed by atoms with Crippen molar-refractivity contribution in [1.29, 1.82) is 0 Å². The molecule has 0 aromatic heterocycles. The van der Waals surface area contributed by atoms with Crippen LogP contribution in [0.1, 0.15) is 106 Å². The first-order chi connectivity index (χ1) is 14.6. The molecule has 2 heteroatoms. The molecule has 0 radical (unpaired) electrons. The lowest BCUT2D eigenvalue weighted by Gasteiger charge is -2.57. The molecule has 0 aromatic carbocycles. The Hall–Kier alpha value is -0.340. The third-order valence-electron chi connectivity index (χ3n) is 11.8. The van der Waals surface area contributed by atoms with Gasteiger partial charge in [-0.05, 0) is 117 Å². The van der Waals surface area contributed by atoms with Crippen molar-refractivity contribution in [2.45, 2.75) is 124 Å². The van der Waals surface area contributed by atoms with Crippen molar-refractivity contribution in [3.63, 3.8) is 0 Å². The number of rotatable bonds is 5. The van der Waals surface area contributed by atoms with Crippen molar-refractivity contribution in [2.75, 3.05) is 0 Å². The van der Waals surface area contributed by atoms with Crippen LogP contribution < -0.4 is 0 Å². The Bertz CT molecular complexity index is 726. The van der Waals surface area contributed by atoms with E-state index in [0.29, 0.717) is 28.8 Å². The SMILES string of the molecule is CC(CCC1(C(C)C)OC1C)C1CCC2C3=CCC4CC(O)CCC4(C)C3CCC21C. The number of aliphatic hydroxyl groups is 1. The Kier molecular flexibility index (Phi) is 5.50. The summed E-state index contributed by atoms with van der Waals surface area (Å²) >= 11 is 0. The minimum Gasteiger partial charge on any atom is -0.393 e. The average molecular weight is 429 g/mol. The maximum Gasteiger partial charge on any atom is 0.0968 e. The minimum absolute atomic E-state index is 0.0501. The van der Waals surface area contributed by atoms with Gasteiger partial charge in [-0.1, -0.05) is 46.3 Å². The Labute approximate surface area is 191 Å². The van der Waals surface area contributed by atoms with Crippen LogP contribution in [0.2, 0.25) is 0 Å². The molecular formula is C29H48O2. The van der Waals surface area contributed by atoms with Gasteiger partial charge in [-0.3, -0.25) is 0 Å². The highest BCUT2D eigenvalue weighted by atomic mass is 16.6. The van der Waals surface area contributed by atoms with Crippen LogP contribution in [0.5, 0.6) is 0 Å². The van der Waals surface area contributed by atoms with Gasteiger partial charge in [-0.25, -0.2) is 0 Å². The molecule has 0 aromatic rings. The first kappa shape index (κ1) is 22.5. The zero-order valence-electron chi connectivity index (χ0n) is 21.1. The van der Waals surface area contributed by atoms with E-state index in [1.54, 1.807) is 0 Å². The zero-order chi connectivity index (χ0) is 22.2. The van der Waals surface area contributed by atoms with Crippen molar-refractivity contribution in [1.82, 2.24) is 0 Å². The number of fused-ring (bicyclic) bond motifs is 5. The fraction of sp³-hybridized carbons (Fsp3) is 0.931. The Morgan fingerprint density at radius 1 is 1.03 bits per heavy atom. The van der Waals surface area contributed by atoms with Gasteiger partial charge in [-0.15, -0.1) is 0 Å². The normalized spacial score (nSPS) is 52.2. The van der Waals surface area contributed by atoms with E-state index >= 15 is 0 Å². The molecule has 1 heterocycles. The predicted molar refractivity (Wildman–Crippen MR) is 128 cm³/mol. The number of hydrogen-bond acceptors (Lipinski definition) is 2. The van der Waals surface area contributed by atoms with Gasteiger partial charge >= 0.3 is 0 Å². The fourth-order valence-corrected chi connectivity index (χ4v) is 9.57. The molecule has 1 saturated heterocycles. The van der Waals surface area contributed by atoms with Crippen molar-refractivity contribution >= 4 is 0 Å². The van der Waals surface area contributed by atoms with Gasteiger partial charge in [0.15, 0.2) is 0 Å². The van der Waals surface area contributed by atoms with Gasteiger partial charge in [0.25, 0.3) is 0 Å². The summed E-state index contributed by atoms with van der Waals surface area (Å²) in [5, 5.41) is 10.3. The molecule has 1 aliphatic heterocycles. The number of hydrogen-bond donors (Lipinski definition) is 1. The minimum atomic E-state index is -0.0501. The van der Waals surface area contributed by atoms with E-state index in [1.807, 2.05) is 5.57 Å². The lowest BCUT2D eigenvalue weighted by Crippen LogP contribution is -2.49. The van der Waals surface area contributed by atoms with Crippen molar-refractivity contribution in [2.24, 2.45) is 46.3 Å². The van der Waals surface area contributed by atoms with Crippen LogP contribution in [0.25, 0.3) is 0 Å². The van der Waals surface area contributed by atoms with E-state index in [0.717, 1.165) is 36.5 Å². The second-order valence-electron chi connectivity index (χ2n) is 13.3. The number of ether oxygens (including phenoxy) is 1. The number of aliphatic hydroxyl groups excluding tert-OH is 1. The third kappa shape index (κ3) is 3.32. The molecule has 10 atom stereocenters. The maximum atomic E-state index is 10.3. The van der Waals surface area contributed by atoms with E-state index < -0.39 is 0 Å². The van der Waals surface area contributed by atoms with Crippen LogP contribution in [0, 0.1) is 46.3 Å². The highest BCUT2D eigenvalue weighted by molar-refractivity contribution is 5.27. The fourth-order valence-electron chi connectivity index (χ4n) is 9.57. The standard InChI is InChI=1S/C29H48O2/c1-18(2)29(20(4)31-29)16-11-19(3)24-9-10-25-23-8-7-21-17-22(30)12-14-27(21,5)26(23)13-15-28(24,25)6/h8,18-22,24-26,30H,7,9-17H2,1-6H3. The van der Waals surface area contributed by atoms with E-state index in [2.05, 4.69) is 47.6 Å². The predicted octanol–water partition coefficient (Wildman–Crippen LogP) is 7.16. The number of allylic oxidation sites excluding steroid dienone is 2. The Morgan fingerprint density at radius 2 is 1.71 bits per heavy atom. The Balaban J connectivity index is 1.31. The highest BCUT2D eigenvalue weighted by Gasteiger charge is 2.59. The van der Waals surface area contributed by atoms with Crippen molar-refractivity contribution in [3.8, 4) is 0 Å². The topological polar surface area (TPSA) is 32.8 Å². The van der Waals surface area contributed by atoms with E-state index in [9.17, 15) is 5.11 Å². The summed E-state index contributed by atoms with van der Waals surface area (Å²) in [4.78, 5) is 0. The second kappa shape index (κ2) is 7.59. The van der Waals surface area contributed by atoms with Crippen LogP contribution in [0.15, 0.2) is 11.6 Å². The molecule has 0 amide bonds. The summed E-state index contributed by atoms with van der Waals surface area (Å²) in [5.74, 6) is 4.62. The molecule has 5 aliphatic rings. The summed E-state index contributed by atoms with van der Waals surface area (Å²) in [6.07, 6.45) is 15.8. The molecule has 5 rings (SSSR count). The molecule has 0 bridgehead atoms. The monoisotopic (exact) mass is 428 g/mol. The van der Waals surface area contributed by atoms with Crippen LogP contribution in [0.4, 0.5) is 0 Å². The summed E-state index contributed by atoms with van der Waals surface area (Å²) < 4.78 is 6.12. The summed E-state index contributed by atoms with van der Waals surface area (Å²) in [7, 11) is 0. The van der Waals surface area contributed by atoms with Crippen LogP contribution in [-0.2, 0) is 4.74 Å². The van der Waals surface area contributed by atoms with Crippen molar-refractivity contribution < 1.29 is 9.84 Å². The van der Waals surface area contributed by atoms with Gasteiger partial charge in [-0.2, -0.15) is 0 Å². The van der Waals surface area contributed by atoms with Gasteiger partial charge in [0.05, 0.1) is 17.8 Å². The first-order valence-electron chi connectivity index (χ1n) is 13.7. The summed E-state index contributed by atoms with van der Waals surface area (Å²) in [5.41, 5.74) is 2.97. The molecule has 4 aliphatic carbocycles. The van der Waals surface area contributed by atoms with Crippen LogP contribution in [0.3, 0.4) is 0 Å². The van der Waals surface area contributed by atoms with Gasteiger partial charge in [0.2, 0.25) is 0 Å². The molecular weight excluding hydrogens is 380 g/mol. The molecule has 4 fully saturated rings. The van der Waals surface area contributed by atoms with Gasteiger partial charge < -0.3 is 9.84 Å². The first-order valence-corrected chi connectivity index (χ1v) is 13.7. The average Bonchev–Trinajstić information content (AvgIpc) is 3.25. The van der Waals surface area contributed by atoms with E-state index in [-0.39, 0.29) is 11.7 Å². The molecule has 0 spiro atoms. The summed E-state index contributed by atoms with van der Waals surface area (Å²) in [6, 6.07) is 0. The van der Waals surface area contributed by atoms with Gasteiger partial charge in [0, 0.05) is 0 Å². The third-order valence-corrected chi connectivity index (χ3v) is 11.8. The van der Waals surface area contributed by atoms with E-state index in [4.69, 9.17) is 4.74 Å². The van der Waals surface area contributed by atoms with Gasteiger partial charge in [0.1, 0.15) is 0 Å². The summed E-state index contributed by atoms with van der Waals surface area (Å²) in [6.45, 7) is 14.8. The molecule has 1 N–H and O–H groups in total. The lowest BCUT2D eigenvalue weighted by molar-refractivity contribution is -0.0429. The maximum absolute atomic E-state index is 10.3. The Morgan fingerprint density at radius 3 is 2.39 bits per heavy atom. The van der Waals surface area contributed by atoms with Crippen LogP contribution in [-0.4, -0.2) is 22.9 Å². The molecule has 3 saturated carbocycles. The quantitative estimate of drug-likeness (QED) is 0.372. The largest absolute Gasteiger partial charge is 0.393 e. The lowest BCUT2D eigenvalue weighted by atomic mass is 9.47. The molecule has 10 unspecified atom stereocenters.